The first-order valence-corrected chi connectivity index (χ1v) is 11.1. The highest BCUT2D eigenvalue weighted by atomic mass is 15.2. The molecule has 0 bridgehead atoms. The van der Waals surface area contributed by atoms with E-state index in [0.29, 0.717) is 5.92 Å². The minimum atomic E-state index is 0.526. The molecule has 31 heavy (non-hydrogen) atoms. The Kier molecular flexibility index (Phi) is 4.07. The zero-order valence-corrected chi connectivity index (χ0v) is 17.8. The highest BCUT2D eigenvalue weighted by Crippen LogP contribution is 2.52. The van der Waals surface area contributed by atoms with Gasteiger partial charge < -0.3 is 4.90 Å². The third-order valence-corrected chi connectivity index (χ3v) is 6.69. The van der Waals surface area contributed by atoms with Crippen LogP contribution in [0.15, 0.2) is 91.1 Å². The summed E-state index contributed by atoms with van der Waals surface area (Å²) in [5, 5.41) is 4.96. The lowest BCUT2D eigenvalue weighted by Gasteiger charge is -2.34. The van der Waals surface area contributed by atoms with E-state index >= 15 is 0 Å². The molecular formula is C29H24N2. The third kappa shape index (κ3) is 2.68. The van der Waals surface area contributed by atoms with Crippen LogP contribution < -0.4 is 4.90 Å². The van der Waals surface area contributed by atoms with E-state index in [1.54, 1.807) is 0 Å². The molecule has 150 valence electrons. The third-order valence-electron chi connectivity index (χ3n) is 6.69. The molecule has 1 aliphatic rings. The number of hydrogen-bond acceptors (Lipinski definition) is 2. The number of anilines is 3. The van der Waals surface area contributed by atoms with Crippen molar-refractivity contribution in [3.05, 3.63) is 96.7 Å². The van der Waals surface area contributed by atoms with Gasteiger partial charge in [0.15, 0.2) is 0 Å². The predicted molar refractivity (Wildman–Crippen MR) is 132 cm³/mol. The van der Waals surface area contributed by atoms with E-state index in [4.69, 9.17) is 4.98 Å². The first-order valence-electron chi connectivity index (χ1n) is 11.1. The highest BCUT2D eigenvalue weighted by molar-refractivity contribution is 6.17. The van der Waals surface area contributed by atoms with Gasteiger partial charge in [-0.1, -0.05) is 74.5 Å². The largest absolute Gasteiger partial charge is 0.307 e. The van der Waals surface area contributed by atoms with Gasteiger partial charge in [-0.15, -0.1) is 0 Å². The van der Waals surface area contributed by atoms with Crippen molar-refractivity contribution >= 4 is 38.6 Å². The molecule has 4 aromatic carbocycles. The standard InChI is InChI=1S/C29H24N2/c1-3-19(2)21-15-16-22-18-30-28-24-13-7-9-20-10-8-14-26(27(20)24)31(29(28)25(22)17-21)23-11-5-4-6-12-23/h4-19H,3H2,1-2H3. The molecule has 1 unspecified atom stereocenters. The summed E-state index contributed by atoms with van der Waals surface area (Å²) in [6.45, 7) is 4.56. The fourth-order valence-electron chi connectivity index (χ4n) is 4.85. The Morgan fingerprint density at radius 1 is 0.839 bits per heavy atom. The van der Waals surface area contributed by atoms with Crippen LogP contribution in [0.4, 0.5) is 17.1 Å². The van der Waals surface area contributed by atoms with Crippen LogP contribution in [-0.4, -0.2) is 4.98 Å². The highest BCUT2D eigenvalue weighted by Gasteiger charge is 2.28. The lowest BCUT2D eigenvalue weighted by molar-refractivity contribution is 0.735. The molecule has 0 fully saturated rings. The second-order valence-electron chi connectivity index (χ2n) is 8.46. The first kappa shape index (κ1) is 18.1. The van der Waals surface area contributed by atoms with Crippen molar-refractivity contribution in [2.75, 3.05) is 4.90 Å². The van der Waals surface area contributed by atoms with Crippen LogP contribution in [0.3, 0.4) is 0 Å². The number of rotatable bonds is 3. The lowest BCUT2D eigenvalue weighted by Crippen LogP contribution is -2.16. The molecular weight excluding hydrogens is 376 g/mol. The molecule has 1 aliphatic heterocycles. The molecule has 0 amide bonds. The quantitative estimate of drug-likeness (QED) is 0.297. The van der Waals surface area contributed by atoms with Crippen molar-refractivity contribution in [3.8, 4) is 11.3 Å². The molecule has 5 aromatic rings. The van der Waals surface area contributed by atoms with Gasteiger partial charge >= 0.3 is 0 Å². The van der Waals surface area contributed by atoms with Gasteiger partial charge in [-0.05, 0) is 47.6 Å². The second kappa shape index (κ2) is 6.95. The van der Waals surface area contributed by atoms with Gasteiger partial charge in [-0.2, -0.15) is 0 Å². The monoisotopic (exact) mass is 400 g/mol. The second-order valence-corrected chi connectivity index (χ2v) is 8.46. The molecule has 0 radical (unpaired) electrons. The van der Waals surface area contributed by atoms with Gasteiger partial charge in [-0.3, -0.25) is 4.98 Å². The maximum atomic E-state index is 5.00. The van der Waals surface area contributed by atoms with E-state index in [1.807, 2.05) is 6.20 Å². The van der Waals surface area contributed by atoms with Gasteiger partial charge in [-0.25, -0.2) is 0 Å². The van der Waals surface area contributed by atoms with Gasteiger partial charge in [0.1, 0.15) is 0 Å². The van der Waals surface area contributed by atoms with Crippen LogP contribution in [-0.2, 0) is 0 Å². The van der Waals surface area contributed by atoms with Gasteiger partial charge in [0.05, 0.1) is 17.1 Å². The number of pyridine rings is 1. The Morgan fingerprint density at radius 3 is 2.45 bits per heavy atom. The zero-order chi connectivity index (χ0) is 20.9. The molecule has 2 heterocycles. The summed E-state index contributed by atoms with van der Waals surface area (Å²) in [6, 6.07) is 30.7. The minimum Gasteiger partial charge on any atom is -0.307 e. The Bertz CT molecular complexity index is 1430. The molecule has 1 atom stereocenters. The van der Waals surface area contributed by atoms with Crippen LogP contribution in [0.5, 0.6) is 0 Å². The number of aromatic nitrogens is 1. The number of para-hydroxylation sites is 1. The zero-order valence-electron chi connectivity index (χ0n) is 17.8. The number of hydrogen-bond donors (Lipinski definition) is 0. The summed E-state index contributed by atoms with van der Waals surface area (Å²) in [5.41, 5.74) is 7.21. The van der Waals surface area contributed by atoms with Crippen LogP contribution >= 0.6 is 0 Å². The summed E-state index contributed by atoms with van der Waals surface area (Å²) < 4.78 is 0. The molecule has 0 saturated carbocycles. The van der Waals surface area contributed by atoms with Gasteiger partial charge in [0.2, 0.25) is 0 Å². The van der Waals surface area contributed by atoms with E-state index in [-0.39, 0.29) is 0 Å². The fraction of sp³-hybridized carbons (Fsp3) is 0.138. The summed E-state index contributed by atoms with van der Waals surface area (Å²) in [6.07, 6.45) is 3.16. The van der Waals surface area contributed by atoms with E-state index in [2.05, 4.69) is 104 Å². The number of nitrogens with zero attached hydrogens (tertiary/aromatic N) is 2. The van der Waals surface area contributed by atoms with Crippen LogP contribution in [0.1, 0.15) is 31.7 Å². The van der Waals surface area contributed by atoms with E-state index in [1.165, 1.54) is 44.0 Å². The average Bonchev–Trinajstić information content (AvgIpc) is 2.84. The van der Waals surface area contributed by atoms with Crippen LogP contribution in [0, 0.1) is 0 Å². The Balaban J connectivity index is 1.77. The normalized spacial score (nSPS) is 13.4. The van der Waals surface area contributed by atoms with Gasteiger partial charge in [0.25, 0.3) is 0 Å². The minimum absolute atomic E-state index is 0.526. The van der Waals surface area contributed by atoms with Gasteiger partial charge in [0, 0.05) is 33.6 Å². The van der Waals surface area contributed by atoms with Crippen molar-refractivity contribution in [1.82, 2.24) is 4.98 Å². The van der Waals surface area contributed by atoms with Crippen LogP contribution in [0.2, 0.25) is 0 Å². The molecule has 0 saturated heterocycles. The van der Waals surface area contributed by atoms with Crippen molar-refractivity contribution in [1.29, 1.82) is 0 Å². The Labute approximate surface area is 182 Å². The van der Waals surface area contributed by atoms with E-state index < -0.39 is 0 Å². The fourth-order valence-corrected chi connectivity index (χ4v) is 4.85. The summed E-state index contributed by atoms with van der Waals surface area (Å²) >= 11 is 0. The summed E-state index contributed by atoms with van der Waals surface area (Å²) in [4.78, 5) is 7.40. The smallest absolute Gasteiger partial charge is 0.0956 e. The molecule has 0 N–H and O–H groups in total. The topological polar surface area (TPSA) is 16.1 Å². The molecule has 0 aliphatic carbocycles. The van der Waals surface area contributed by atoms with Crippen LogP contribution in [0.25, 0.3) is 32.8 Å². The summed E-state index contributed by atoms with van der Waals surface area (Å²) in [5.74, 6) is 0.526. The number of benzene rings is 4. The Hall–Kier alpha value is -3.65. The van der Waals surface area contributed by atoms with Crippen molar-refractivity contribution in [2.45, 2.75) is 26.2 Å². The van der Waals surface area contributed by atoms with Crippen molar-refractivity contribution in [2.24, 2.45) is 0 Å². The predicted octanol–water partition coefficient (Wildman–Crippen LogP) is 8.35. The molecule has 6 rings (SSSR count). The van der Waals surface area contributed by atoms with Crippen molar-refractivity contribution in [3.63, 3.8) is 0 Å². The summed E-state index contributed by atoms with van der Waals surface area (Å²) in [7, 11) is 0. The molecule has 2 heteroatoms. The molecule has 0 spiro atoms. The maximum Gasteiger partial charge on any atom is 0.0956 e. The van der Waals surface area contributed by atoms with E-state index in [9.17, 15) is 0 Å². The SMILES string of the molecule is CCC(C)c1ccc2cnc3c(c2c1)N(c1ccccc1)c1cccc2cccc-3c12. The molecule has 2 nitrogen and oxygen atoms in total. The van der Waals surface area contributed by atoms with E-state index in [0.717, 1.165) is 17.8 Å². The number of fused-ring (bicyclic) bond motifs is 4. The first-order chi connectivity index (χ1) is 15.3. The van der Waals surface area contributed by atoms with Crippen molar-refractivity contribution < 1.29 is 0 Å². The molecule has 1 aromatic heterocycles. The maximum absolute atomic E-state index is 5.00. The lowest BCUT2D eigenvalue weighted by atomic mass is 9.90. The average molecular weight is 401 g/mol. The Morgan fingerprint density at radius 2 is 1.65 bits per heavy atom.